The Kier molecular flexibility index (Phi) is 4.58. The van der Waals surface area contributed by atoms with Crippen molar-refractivity contribution in [1.29, 1.82) is 0 Å². The van der Waals surface area contributed by atoms with Gasteiger partial charge in [0.05, 0.1) is 0 Å². The van der Waals surface area contributed by atoms with Crippen LogP contribution >= 0.6 is 11.8 Å². The number of rotatable bonds is 4. The van der Waals surface area contributed by atoms with Gasteiger partial charge in [-0.3, -0.25) is 4.79 Å². The monoisotopic (exact) mass is 212 g/mol. The lowest BCUT2D eigenvalue weighted by Gasteiger charge is -2.06. The minimum absolute atomic E-state index is 0.290. The Labute approximate surface area is 86.5 Å². The number of nitrogens with two attached hydrogens (primary N) is 1. The number of aromatic nitrogens is 1. The number of aliphatic hydroxyl groups is 1. The molecule has 5 heteroatoms. The minimum atomic E-state index is -0.994. The van der Waals surface area contributed by atoms with Gasteiger partial charge in [-0.25, -0.2) is 4.98 Å². The van der Waals surface area contributed by atoms with Gasteiger partial charge in [0.2, 0.25) is 5.12 Å². The Balaban J connectivity index is 2.49. The quantitative estimate of drug-likeness (QED) is 0.707. The highest BCUT2D eigenvalue weighted by molar-refractivity contribution is 8.13. The number of carbonyl (C=O) groups is 1. The molecular formula is C9H12N2O2S. The molecule has 0 aliphatic carbocycles. The van der Waals surface area contributed by atoms with Gasteiger partial charge >= 0.3 is 0 Å². The van der Waals surface area contributed by atoms with Crippen molar-refractivity contribution < 1.29 is 9.90 Å². The fraction of sp³-hybridized carbons (Fsp3) is 0.333. The molecule has 0 saturated carbocycles. The lowest BCUT2D eigenvalue weighted by Crippen LogP contribution is -2.21. The topological polar surface area (TPSA) is 76.2 Å². The lowest BCUT2D eigenvalue weighted by molar-refractivity contribution is -0.118. The minimum Gasteiger partial charge on any atom is -0.384 e. The summed E-state index contributed by atoms with van der Waals surface area (Å²) in [5.41, 5.74) is 5.22. The van der Waals surface area contributed by atoms with E-state index < -0.39 is 6.10 Å². The van der Waals surface area contributed by atoms with Crippen molar-refractivity contribution in [3.63, 3.8) is 0 Å². The van der Waals surface area contributed by atoms with Gasteiger partial charge in [-0.05, 0) is 36.9 Å². The van der Waals surface area contributed by atoms with Crippen molar-refractivity contribution in [2.24, 2.45) is 5.73 Å². The summed E-state index contributed by atoms with van der Waals surface area (Å²) in [6.45, 7) is 0.301. The zero-order chi connectivity index (χ0) is 10.4. The molecule has 0 fully saturated rings. The number of pyridine rings is 1. The molecule has 0 aliphatic heterocycles. The van der Waals surface area contributed by atoms with Crippen molar-refractivity contribution in [1.82, 2.24) is 4.98 Å². The van der Waals surface area contributed by atoms with Crippen LogP contribution in [-0.2, 0) is 4.79 Å². The van der Waals surface area contributed by atoms with Gasteiger partial charge in [0.1, 0.15) is 11.1 Å². The Hall–Kier alpha value is -0.910. The molecule has 76 valence electrons. The molecule has 1 atom stereocenters. The average Bonchev–Trinajstić information content (AvgIpc) is 2.19. The van der Waals surface area contributed by atoms with Gasteiger partial charge in [0.25, 0.3) is 0 Å². The molecule has 1 unspecified atom stereocenters. The van der Waals surface area contributed by atoms with Crippen LogP contribution in [0.5, 0.6) is 0 Å². The summed E-state index contributed by atoms with van der Waals surface area (Å²) in [5.74, 6) is 0. The Morgan fingerprint density at radius 2 is 2.43 bits per heavy atom. The van der Waals surface area contributed by atoms with Crippen LogP contribution in [0.25, 0.3) is 0 Å². The van der Waals surface area contributed by atoms with Gasteiger partial charge in [0.15, 0.2) is 0 Å². The molecule has 1 rings (SSSR count). The summed E-state index contributed by atoms with van der Waals surface area (Å²) in [6.07, 6.45) is 0.899. The molecule has 0 spiro atoms. The van der Waals surface area contributed by atoms with Crippen LogP contribution in [0.15, 0.2) is 29.4 Å². The molecule has 0 saturated heterocycles. The molecule has 0 radical (unpaired) electrons. The summed E-state index contributed by atoms with van der Waals surface area (Å²) in [7, 11) is 0. The number of carbonyl (C=O) groups excluding carboxylic acids is 1. The fourth-order valence-corrected chi connectivity index (χ4v) is 1.57. The van der Waals surface area contributed by atoms with Crippen molar-refractivity contribution >= 4 is 16.9 Å². The van der Waals surface area contributed by atoms with Gasteiger partial charge in [0, 0.05) is 6.20 Å². The largest absolute Gasteiger partial charge is 0.384 e. The predicted molar refractivity (Wildman–Crippen MR) is 54.8 cm³/mol. The average molecular weight is 212 g/mol. The van der Waals surface area contributed by atoms with Crippen LogP contribution in [-0.4, -0.2) is 27.9 Å². The van der Waals surface area contributed by atoms with Gasteiger partial charge < -0.3 is 10.8 Å². The number of hydrogen-bond acceptors (Lipinski definition) is 5. The summed E-state index contributed by atoms with van der Waals surface area (Å²) >= 11 is 0.936. The van der Waals surface area contributed by atoms with E-state index in [4.69, 9.17) is 5.73 Å². The first kappa shape index (κ1) is 11.2. The molecule has 0 amide bonds. The maximum absolute atomic E-state index is 11.3. The van der Waals surface area contributed by atoms with E-state index >= 15 is 0 Å². The lowest BCUT2D eigenvalue weighted by atomic mass is 10.3. The zero-order valence-electron chi connectivity index (χ0n) is 7.59. The number of nitrogens with zero attached hydrogens (tertiary/aromatic N) is 1. The number of thioether (sulfide) groups is 1. The Morgan fingerprint density at radius 1 is 1.64 bits per heavy atom. The van der Waals surface area contributed by atoms with E-state index in [1.807, 2.05) is 0 Å². The molecule has 0 aliphatic rings. The van der Waals surface area contributed by atoms with E-state index in [9.17, 15) is 9.90 Å². The smallest absolute Gasteiger partial charge is 0.223 e. The first-order chi connectivity index (χ1) is 6.74. The Morgan fingerprint density at radius 3 is 3.00 bits per heavy atom. The van der Waals surface area contributed by atoms with Crippen LogP contribution in [0.3, 0.4) is 0 Å². The highest BCUT2D eigenvalue weighted by atomic mass is 32.2. The maximum Gasteiger partial charge on any atom is 0.223 e. The third-order valence-electron chi connectivity index (χ3n) is 1.56. The van der Waals surface area contributed by atoms with Crippen molar-refractivity contribution in [3.05, 3.63) is 24.4 Å². The third-order valence-corrected chi connectivity index (χ3v) is 2.48. The van der Waals surface area contributed by atoms with E-state index in [0.717, 1.165) is 11.8 Å². The van der Waals surface area contributed by atoms with E-state index in [0.29, 0.717) is 18.0 Å². The first-order valence-corrected chi connectivity index (χ1v) is 5.06. The summed E-state index contributed by atoms with van der Waals surface area (Å²) in [6, 6.07) is 5.28. The van der Waals surface area contributed by atoms with Crippen molar-refractivity contribution in [3.8, 4) is 0 Å². The molecule has 1 heterocycles. The molecule has 1 aromatic heterocycles. The second-order valence-electron chi connectivity index (χ2n) is 2.68. The first-order valence-electron chi connectivity index (χ1n) is 4.25. The van der Waals surface area contributed by atoms with Crippen LogP contribution in [0.2, 0.25) is 0 Å². The number of aliphatic hydroxyl groups excluding tert-OH is 1. The highest BCUT2D eigenvalue weighted by Crippen LogP contribution is 2.17. The molecule has 0 aromatic carbocycles. The van der Waals surface area contributed by atoms with Gasteiger partial charge in [-0.15, -0.1) is 0 Å². The van der Waals surface area contributed by atoms with Crippen molar-refractivity contribution in [2.75, 3.05) is 6.54 Å². The highest BCUT2D eigenvalue weighted by Gasteiger charge is 2.15. The molecule has 14 heavy (non-hydrogen) atoms. The van der Waals surface area contributed by atoms with Crippen LogP contribution in [0, 0.1) is 0 Å². The van der Waals surface area contributed by atoms with Crippen LogP contribution in [0.4, 0.5) is 0 Å². The molecule has 4 nitrogen and oxygen atoms in total. The summed E-state index contributed by atoms with van der Waals surface area (Å²) < 4.78 is 0. The zero-order valence-corrected chi connectivity index (χ0v) is 8.41. The molecule has 1 aromatic rings. The second kappa shape index (κ2) is 5.74. The van der Waals surface area contributed by atoms with Gasteiger partial charge in [-0.2, -0.15) is 0 Å². The standard InChI is InChI=1S/C9H12N2O2S/c10-5-4-7(12)9(13)14-8-3-1-2-6-11-8/h1-3,6-7,12H,4-5,10H2. The van der Waals surface area contributed by atoms with E-state index in [2.05, 4.69) is 4.98 Å². The van der Waals surface area contributed by atoms with E-state index in [1.165, 1.54) is 0 Å². The van der Waals surface area contributed by atoms with Crippen LogP contribution in [0.1, 0.15) is 6.42 Å². The predicted octanol–water partition coefficient (Wildman–Crippen LogP) is 0.410. The SMILES string of the molecule is NCCC(O)C(=O)Sc1ccccn1. The second-order valence-corrected chi connectivity index (χ2v) is 3.71. The van der Waals surface area contributed by atoms with Gasteiger partial charge in [-0.1, -0.05) is 6.07 Å². The maximum atomic E-state index is 11.3. The normalized spacial score (nSPS) is 12.4. The summed E-state index contributed by atoms with van der Waals surface area (Å²) in [5, 5.41) is 9.58. The molecule has 0 bridgehead atoms. The number of hydrogen-bond donors (Lipinski definition) is 2. The van der Waals surface area contributed by atoms with Crippen molar-refractivity contribution in [2.45, 2.75) is 17.6 Å². The fourth-order valence-electron chi connectivity index (χ4n) is 0.854. The van der Waals surface area contributed by atoms with Crippen LogP contribution < -0.4 is 5.73 Å². The molecular weight excluding hydrogens is 200 g/mol. The third kappa shape index (κ3) is 3.45. The van der Waals surface area contributed by atoms with E-state index in [1.54, 1.807) is 24.4 Å². The Bertz CT molecular complexity index is 292. The summed E-state index contributed by atoms with van der Waals surface area (Å²) in [4.78, 5) is 15.3. The van der Waals surface area contributed by atoms with E-state index in [-0.39, 0.29) is 5.12 Å². The molecule has 3 N–H and O–H groups in total.